The number of aliphatic hydroxyl groups excluding tert-OH is 1. The Morgan fingerprint density at radius 1 is 1.07 bits per heavy atom. The van der Waals surface area contributed by atoms with Crippen LogP contribution in [-0.4, -0.2) is 72.0 Å². The fraction of sp³-hybridized carbons (Fsp3) is 0.531. The van der Waals surface area contributed by atoms with E-state index in [0.29, 0.717) is 24.2 Å². The highest BCUT2D eigenvalue weighted by atomic mass is 16.7. The standard InChI is InChI=1S/C32H43N3O8/c1-5-40-28(37)18-33-31(39)34-24-9-6-8-23(16-24)30-41-25(17-27(42-30)22-13-11-21(20-36)12-14-22)19-35-15-7-10-26(35)29(38)43-32(2,3)4/h6,8-9,11-14,16,25-27,30,36H,5,7,10,15,17-20H2,1-4H3,(H2,33,34,39). The van der Waals surface area contributed by atoms with E-state index < -0.39 is 23.9 Å². The molecule has 2 aromatic carbocycles. The first-order chi connectivity index (χ1) is 20.5. The summed E-state index contributed by atoms with van der Waals surface area (Å²) in [7, 11) is 0. The normalized spacial score (nSPS) is 22.5. The molecule has 234 valence electrons. The molecule has 3 N–H and O–H groups in total. The maximum Gasteiger partial charge on any atom is 0.325 e. The molecule has 0 spiro atoms. The molecule has 2 heterocycles. The second kappa shape index (κ2) is 14.8. The van der Waals surface area contributed by atoms with Gasteiger partial charge in [-0.15, -0.1) is 0 Å². The number of carbonyl (C=O) groups excluding carboxylic acids is 3. The van der Waals surface area contributed by atoms with Crippen molar-refractivity contribution >= 4 is 23.7 Å². The van der Waals surface area contributed by atoms with E-state index in [1.54, 1.807) is 25.1 Å². The fourth-order valence-corrected chi connectivity index (χ4v) is 5.28. The molecule has 11 heteroatoms. The van der Waals surface area contributed by atoms with Gasteiger partial charge in [0.15, 0.2) is 6.29 Å². The predicted octanol–water partition coefficient (Wildman–Crippen LogP) is 4.22. The van der Waals surface area contributed by atoms with Crippen LogP contribution >= 0.6 is 0 Å². The van der Waals surface area contributed by atoms with Crippen molar-refractivity contribution in [3.63, 3.8) is 0 Å². The van der Waals surface area contributed by atoms with Crippen molar-refractivity contribution in [1.29, 1.82) is 0 Å². The second-order valence-electron chi connectivity index (χ2n) is 11.8. The number of nitrogens with one attached hydrogen (secondary N) is 2. The Morgan fingerprint density at radius 3 is 2.53 bits per heavy atom. The molecule has 2 fully saturated rings. The molecule has 0 aromatic heterocycles. The Kier molecular flexibility index (Phi) is 11.1. The average Bonchev–Trinajstić information content (AvgIpc) is 3.44. The number of carbonyl (C=O) groups is 3. The van der Waals surface area contributed by atoms with Crippen LogP contribution in [0.25, 0.3) is 0 Å². The quantitative estimate of drug-likeness (QED) is 0.344. The molecule has 4 atom stereocenters. The Morgan fingerprint density at radius 2 is 1.84 bits per heavy atom. The minimum absolute atomic E-state index is 0.0473. The Balaban J connectivity index is 1.50. The van der Waals surface area contributed by atoms with E-state index in [1.807, 2.05) is 51.1 Å². The van der Waals surface area contributed by atoms with E-state index >= 15 is 0 Å². The molecule has 0 radical (unpaired) electrons. The van der Waals surface area contributed by atoms with Crippen molar-refractivity contribution in [2.24, 2.45) is 0 Å². The van der Waals surface area contributed by atoms with Crippen molar-refractivity contribution in [2.45, 2.75) is 83.7 Å². The van der Waals surface area contributed by atoms with E-state index in [2.05, 4.69) is 15.5 Å². The number of hydrogen-bond donors (Lipinski definition) is 3. The summed E-state index contributed by atoms with van der Waals surface area (Å²) in [5, 5.41) is 14.7. The first-order valence-corrected chi connectivity index (χ1v) is 14.8. The van der Waals surface area contributed by atoms with Crippen LogP contribution in [0.4, 0.5) is 10.5 Å². The largest absolute Gasteiger partial charge is 0.465 e. The lowest BCUT2D eigenvalue weighted by atomic mass is 9.99. The summed E-state index contributed by atoms with van der Waals surface area (Å²) in [4.78, 5) is 39.1. The molecule has 2 aromatic rings. The number of hydrogen-bond acceptors (Lipinski definition) is 9. The van der Waals surface area contributed by atoms with Gasteiger partial charge < -0.3 is 34.7 Å². The Labute approximate surface area is 252 Å². The van der Waals surface area contributed by atoms with Gasteiger partial charge in [-0.05, 0) is 70.3 Å². The topological polar surface area (TPSA) is 136 Å². The van der Waals surface area contributed by atoms with Gasteiger partial charge >= 0.3 is 18.0 Å². The van der Waals surface area contributed by atoms with Gasteiger partial charge in [-0.25, -0.2) is 4.79 Å². The van der Waals surface area contributed by atoms with Crippen LogP contribution in [0.2, 0.25) is 0 Å². The second-order valence-corrected chi connectivity index (χ2v) is 11.8. The third kappa shape index (κ3) is 9.49. The van der Waals surface area contributed by atoms with Gasteiger partial charge in [0.05, 0.1) is 25.4 Å². The number of anilines is 1. The molecule has 4 rings (SSSR count). The molecule has 2 amide bonds. The average molecular weight is 598 g/mol. The zero-order valence-corrected chi connectivity index (χ0v) is 25.3. The van der Waals surface area contributed by atoms with Crippen LogP contribution in [0.5, 0.6) is 0 Å². The Bertz CT molecular complexity index is 1250. The summed E-state index contributed by atoms with van der Waals surface area (Å²) in [5.41, 5.74) is 2.40. The van der Waals surface area contributed by atoms with Crippen LogP contribution in [-0.2, 0) is 35.1 Å². The molecule has 0 saturated carbocycles. The van der Waals surface area contributed by atoms with Gasteiger partial charge in [0.2, 0.25) is 0 Å². The number of esters is 2. The van der Waals surface area contributed by atoms with E-state index in [-0.39, 0.29) is 44.0 Å². The van der Waals surface area contributed by atoms with E-state index in [1.165, 1.54) is 0 Å². The van der Waals surface area contributed by atoms with Gasteiger partial charge in [-0.1, -0.05) is 36.4 Å². The summed E-state index contributed by atoms with van der Waals surface area (Å²) in [6, 6.07) is 13.9. The highest BCUT2D eigenvalue weighted by Crippen LogP contribution is 2.39. The monoisotopic (exact) mass is 597 g/mol. The van der Waals surface area contributed by atoms with E-state index in [9.17, 15) is 19.5 Å². The summed E-state index contributed by atoms with van der Waals surface area (Å²) < 4.78 is 23.5. The number of ether oxygens (including phenoxy) is 4. The van der Waals surface area contributed by atoms with Gasteiger partial charge in [0.25, 0.3) is 0 Å². The van der Waals surface area contributed by atoms with E-state index in [4.69, 9.17) is 18.9 Å². The molecule has 2 aliphatic heterocycles. The van der Waals surface area contributed by atoms with Gasteiger partial charge in [-0.2, -0.15) is 0 Å². The molecule has 2 saturated heterocycles. The number of nitrogens with zero attached hydrogens (tertiary/aromatic N) is 1. The van der Waals surface area contributed by atoms with Crippen molar-refractivity contribution in [3.05, 3.63) is 65.2 Å². The van der Waals surface area contributed by atoms with Gasteiger partial charge in [0, 0.05) is 24.2 Å². The number of likely N-dealkylation sites (tertiary alicyclic amines) is 1. The van der Waals surface area contributed by atoms with Crippen LogP contribution < -0.4 is 10.6 Å². The van der Waals surface area contributed by atoms with Crippen molar-refractivity contribution in [1.82, 2.24) is 10.2 Å². The third-order valence-corrected chi connectivity index (χ3v) is 7.21. The maximum absolute atomic E-state index is 13.0. The molecule has 11 nitrogen and oxygen atoms in total. The maximum atomic E-state index is 13.0. The number of aliphatic hydroxyl groups is 1. The number of urea groups is 1. The first kappa shape index (κ1) is 32.4. The van der Waals surface area contributed by atoms with Crippen LogP contribution in [0, 0.1) is 0 Å². The number of amides is 2. The SMILES string of the molecule is CCOC(=O)CNC(=O)Nc1cccc(C2OC(CN3CCCC3C(=O)OC(C)(C)C)CC(c3ccc(CO)cc3)O2)c1. The van der Waals surface area contributed by atoms with Crippen LogP contribution in [0.3, 0.4) is 0 Å². The van der Waals surface area contributed by atoms with Crippen LogP contribution in [0.15, 0.2) is 48.5 Å². The molecule has 0 aliphatic carbocycles. The lowest BCUT2D eigenvalue weighted by molar-refractivity contribution is -0.253. The van der Waals surface area contributed by atoms with Gasteiger partial charge in [-0.3, -0.25) is 14.5 Å². The van der Waals surface area contributed by atoms with Gasteiger partial charge in [0.1, 0.15) is 18.2 Å². The van der Waals surface area contributed by atoms with Crippen molar-refractivity contribution in [3.8, 4) is 0 Å². The molecule has 0 bridgehead atoms. The molecular weight excluding hydrogens is 554 g/mol. The third-order valence-electron chi connectivity index (χ3n) is 7.21. The Hall–Kier alpha value is -3.51. The summed E-state index contributed by atoms with van der Waals surface area (Å²) in [6.07, 6.45) is 0.903. The fourth-order valence-electron chi connectivity index (χ4n) is 5.28. The minimum Gasteiger partial charge on any atom is -0.465 e. The van der Waals surface area contributed by atoms with Crippen LogP contribution in [0.1, 0.15) is 76.0 Å². The predicted molar refractivity (Wildman–Crippen MR) is 159 cm³/mol. The minimum atomic E-state index is -0.742. The van der Waals surface area contributed by atoms with E-state index in [0.717, 1.165) is 30.5 Å². The zero-order valence-electron chi connectivity index (χ0n) is 25.3. The molecule has 43 heavy (non-hydrogen) atoms. The summed E-state index contributed by atoms with van der Waals surface area (Å²) in [5.74, 6) is -0.740. The first-order valence-electron chi connectivity index (χ1n) is 14.8. The highest BCUT2D eigenvalue weighted by molar-refractivity contribution is 5.91. The summed E-state index contributed by atoms with van der Waals surface area (Å²) >= 11 is 0. The highest BCUT2D eigenvalue weighted by Gasteiger charge is 2.39. The zero-order chi connectivity index (χ0) is 31.0. The lowest BCUT2D eigenvalue weighted by Gasteiger charge is -2.38. The summed E-state index contributed by atoms with van der Waals surface area (Å²) in [6.45, 7) is 8.56. The smallest absolute Gasteiger partial charge is 0.325 e. The molecule has 2 aliphatic rings. The number of benzene rings is 2. The lowest BCUT2D eigenvalue weighted by Crippen LogP contribution is -2.45. The number of rotatable bonds is 10. The van der Waals surface area contributed by atoms with Crippen molar-refractivity contribution in [2.75, 3.05) is 31.6 Å². The molecular formula is C32H43N3O8. The molecule has 4 unspecified atom stereocenters. The van der Waals surface area contributed by atoms with Crippen molar-refractivity contribution < 1.29 is 38.4 Å².